The molecule has 2 aromatic rings. The maximum absolute atomic E-state index is 13.8. The molecule has 0 aromatic heterocycles. The first kappa shape index (κ1) is 24.8. The molecule has 1 unspecified atom stereocenters. The molecule has 3 heterocycles. The molecule has 0 radical (unpaired) electrons. The van der Waals surface area contributed by atoms with Gasteiger partial charge in [0.2, 0.25) is 5.88 Å². The molecule has 4 aliphatic rings. The predicted molar refractivity (Wildman–Crippen MR) is 147 cm³/mol. The van der Waals surface area contributed by atoms with Crippen molar-refractivity contribution in [1.29, 1.82) is 0 Å². The molecule has 1 atom stereocenters. The highest BCUT2D eigenvalue weighted by atomic mass is 32.2. The maximum Gasteiger partial charge on any atom is 0.264 e. The number of aryl methyl sites for hydroxylation is 1. The van der Waals surface area contributed by atoms with Gasteiger partial charge in [0.15, 0.2) is 12.0 Å². The van der Waals surface area contributed by atoms with E-state index in [2.05, 4.69) is 28.0 Å². The number of nitrogens with zero attached hydrogens (tertiary/aromatic N) is 3. The van der Waals surface area contributed by atoms with Crippen LogP contribution in [0.3, 0.4) is 0 Å². The number of hydrogen-bond acceptors (Lipinski definition) is 6. The molecule has 0 amide bonds. The number of piperazine rings is 1. The number of benzene rings is 2. The Labute approximate surface area is 225 Å². The van der Waals surface area contributed by atoms with Gasteiger partial charge in [0.25, 0.3) is 10.0 Å². The summed E-state index contributed by atoms with van der Waals surface area (Å²) in [6.07, 6.45) is 13.3. The molecule has 1 aliphatic carbocycles. The van der Waals surface area contributed by atoms with Crippen LogP contribution in [0.2, 0.25) is 0 Å². The second-order valence-corrected chi connectivity index (χ2v) is 11.9. The summed E-state index contributed by atoms with van der Waals surface area (Å²) in [6, 6.07) is 16.5. The van der Waals surface area contributed by atoms with Gasteiger partial charge in [-0.15, -0.1) is 0 Å². The van der Waals surface area contributed by atoms with Crippen molar-refractivity contribution in [2.24, 2.45) is 0 Å². The lowest BCUT2D eigenvalue weighted by Gasteiger charge is -2.42. The Hall–Kier alpha value is -3.49. The van der Waals surface area contributed by atoms with Crippen molar-refractivity contribution in [3.05, 3.63) is 108 Å². The summed E-state index contributed by atoms with van der Waals surface area (Å²) in [6.45, 7) is 3.92. The summed E-state index contributed by atoms with van der Waals surface area (Å²) in [5.41, 5.74) is 3.04. The van der Waals surface area contributed by atoms with Gasteiger partial charge in [0.1, 0.15) is 6.26 Å². The van der Waals surface area contributed by atoms with Crippen LogP contribution in [-0.2, 0) is 25.9 Å². The van der Waals surface area contributed by atoms with E-state index in [1.807, 2.05) is 30.3 Å². The topological polar surface area (TPSA) is 62.3 Å². The Balaban J connectivity index is 1.12. The molecular weight excluding hydrogens is 498 g/mol. The largest absolute Gasteiger partial charge is 0.456 e. The molecule has 38 heavy (non-hydrogen) atoms. The van der Waals surface area contributed by atoms with Crippen LogP contribution >= 0.6 is 0 Å². The number of anilines is 1. The molecule has 2 aromatic carbocycles. The van der Waals surface area contributed by atoms with E-state index in [4.69, 9.17) is 9.47 Å². The van der Waals surface area contributed by atoms with E-state index in [1.165, 1.54) is 0 Å². The highest BCUT2D eigenvalue weighted by Crippen LogP contribution is 2.36. The normalized spacial score (nSPS) is 22.0. The van der Waals surface area contributed by atoms with Crippen LogP contribution in [-0.4, -0.2) is 57.0 Å². The fourth-order valence-corrected chi connectivity index (χ4v) is 7.34. The van der Waals surface area contributed by atoms with Crippen molar-refractivity contribution in [3.8, 4) is 0 Å². The quantitative estimate of drug-likeness (QED) is 0.535. The monoisotopic (exact) mass is 531 g/mol. The third-order valence-electron chi connectivity index (χ3n) is 7.66. The fourth-order valence-electron chi connectivity index (χ4n) is 5.61. The minimum Gasteiger partial charge on any atom is -0.456 e. The molecule has 7 nitrogen and oxygen atoms in total. The number of fused-ring (bicyclic) bond motifs is 1. The summed E-state index contributed by atoms with van der Waals surface area (Å²) in [7, 11) is -3.68. The van der Waals surface area contributed by atoms with Crippen molar-refractivity contribution >= 4 is 15.7 Å². The summed E-state index contributed by atoms with van der Waals surface area (Å²) < 4.78 is 41.2. The van der Waals surface area contributed by atoms with E-state index in [0.29, 0.717) is 11.4 Å². The number of rotatable bonds is 6. The molecule has 8 heteroatoms. The lowest BCUT2D eigenvalue weighted by Crippen LogP contribution is -2.53. The van der Waals surface area contributed by atoms with E-state index in [-0.39, 0.29) is 6.04 Å². The first-order valence-electron chi connectivity index (χ1n) is 13.3. The van der Waals surface area contributed by atoms with E-state index in [9.17, 15) is 8.42 Å². The van der Waals surface area contributed by atoms with Gasteiger partial charge in [-0.1, -0.05) is 54.6 Å². The van der Waals surface area contributed by atoms with Crippen LogP contribution in [0.4, 0.5) is 5.69 Å². The van der Waals surface area contributed by atoms with Crippen molar-refractivity contribution in [2.75, 3.05) is 37.0 Å². The molecule has 3 aliphatic heterocycles. The van der Waals surface area contributed by atoms with Gasteiger partial charge < -0.3 is 14.4 Å². The van der Waals surface area contributed by atoms with Crippen LogP contribution in [0, 0.1) is 0 Å². The zero-order valence-electron chi connectivity index (χ0n) is 21.4. The highest BCUT2D eigenvalue weighted by molar-refractivity contribution is 7.92. The molecule has 0 saturated carbocycles. The molecule has 6 rings (SSSR count). The standard InChI is InChI=1S/C30H33N3O4S/c34-38(35,27-12-5-2-6-13-27)33-26(16-15-24-9-7-8-14-28(24)33)21-31-17-19-32(20-18-31)30-23-36-29(22-37-30)25-10-3-1-4-11-25/h1-3,5-10,12-14,22-23,26H,4,11,15-21H2. The van der Waals surface area contributed by atoms with Crippen molar-refractivity contribution in [3.63, 3.8) is 0 Å². The predicted octanol–water partition coefficient (Wildman–Crippen LogP) is 4.78. The average molecular weight is 532 g/mol. The summed E-state index contributed by atoms with van der Waals surface area (Å²) >= 11 is 0. The van der Waals surface area contributed by atoms with E-state index >= 15 is 0 Å². The number of ether oxygens (including phenoxy) is 2. The zero-order chi connectivity index (χ0) is 26.0. The Morgan fingerprint density at radius 2 is 1.66 bits per heavy atom. The van der Waals surface area contributed by atoms with Crippen LogP contribution in [0.25, 0.3) is 0 Å². The number of sulfonamides is 1. The average Bonchev–Trinajstić information content (AvgIpc) is 2.98. The number of allylic oxidation sites excluding steroid dienone is 4. The van der Waals surface area contributed by atoms with Crippen molar-refractivity contribution < 1.29 is 17.9 Å². The Morgan fingerprint density at radius 1 is 0.868 bits per heavy atom. The molecule has 1 fully saturated rings. The number of hydrogen-bond donors (Lipinski definition) is 0. The Bertz CT molecular complexity index is 1390. The van der Waals surface area contributed by atoms with Gasteiger partial charge in [0, 0.05) is 32.7 Å². The third-order valence-corrected chi connectivity index (χ3v) is 9.54. The van der Waals surface area contributed by atoms with Gasteiger partial charge in [0.05, 0.1) is 16.6 Å². The first-order valence-corrected chi connectivity index (χ1v) is 14.8. The van der Waals surface area contributed by atoms with Gasteiger partial charge in [-0.25, -0.2) is 8.42 Å². The smallest absolute Gasteiger partial charge is 0.264 e. The first-order chi connectivity index (χ1) is 18.6. The Morgan fingerprint density at radius 3 is 2.39 bits per heavy atom. The van der Waals surface area contributed by atoms with Crippen LogP contribution in [0.15, 0.2) is 107 Å². The summed E-state index contributed by atoms with van der Waals surface area (Å²) in [5.74, 6) is 1.49. The van der Waals surface area contributed by atoms with E-state index in [1.54, 1.807) is 41.1 Å². The minimum absolute atomic E-state index is 0.126. The van der Waals surface area contributed by atoms with Gasteiger partial charge in [-0.3, -0.25) is 9.21 Å². The van der Waals surface area contributed by atoms with E-state index < -0.39 is 10.0 Å². The molecule has 1 saturated heterocycles. The summed E-state index contributed by atoms with van der Waals surface area (Å²) in [5, 5.41) is 0. The molecule has 0 N–H and O–H groups in total. The van der Waals surface area contributed by atoms with Gasteiger partial charge in [-0.2, -0.15) is 0 Å². The number of para-hydroxylation sites is 1. The third kappa shape index (κ3) is 4.98. The molecule has 0 spiro atoms. The molecular formula is C30H33N3O4S. The van der Waals surface area contributed by atoms with Crippen molar-refractivity contribution in [2.45, 2.75) is 36.6 Å². The highest BCUT2D eigenvalue weighted by Gasteiger charge is 2.37. The second-order valence-electron chi connectivity index (χ2n) is 10.1. The summed E-state index contributed by atoms with van der Waals surface area (Å²) in [4.78, 5) is 4.89. The maximum atomic E-state index is 13.8. The van der Waals surface area contributed by atoms with E-state index in [0.717, 1.165) is 80.3 Å². The van der Waals surface area contributed by atoms with Crippen LogP contribution in [0.1, 0.15) is 24.8 Å². The molecule has 0 bridgehead atoms. The lowest BCUT2D eigenvalue weighted by atomic mass is 9.97. The van der Waals surface area contributed by atoms with Crippen LogP contribution < -0.4 is 4.31 Å². The molecule has 198 valence electrons. The van der Waals surface area contributed by atoms with Crippen LogP contribution in [0.5, 0.6) is 0 Å². The van der Waals surface area contributed by atoms with Crippen molar-refractivity contribution in [1.82, 2.24) is 9.80 Å². The second kappa shape index (κ2) is 10.7. The van der Waals surface area contributed by atoms with Gasteiger partial charge >= 0.3 is 0 Å². The lowest BCUT2D eigenvalue weighted by molar-refractivity contribution is 0.0819. The Kier molecular flexibility index (Phi) is 7.00. The SMILES string of the molecule is O=S(=O)(c1ccccc1)N1c2ccccc2CCC1CN1CCN(C2=COC(C3=CC=CCC3)=CO2)CC1. The van der Waals surface area contributed by atoms with Gasteiger partial charge in [-0.05, 0) is 55.0 Å². The fraction of sp³-hybridized carbons (Fsp3) is 0.333. The zero-order valence-corrected chi connectivity index (χ0v) is 22.2. The minimum atomic E-state index is -3.68.